The molecular weight excluding hydrogens is 368 g/mol. The van der Waals surface area contributed by atoms with Crippen molar-refractivity contribution in [1.29, 1.82) is 0 Å². The Bertz CT molecular complexity index is 1050. The van der Waals surface area contributed by atoms with Crippen molar-refractivity contribution >= 4 is 23.2 Å². The summed E-state index contributed by atoms with van der Waals surface area (Å²) in [6.07, 6.45) is 0. The summed E-state index contributed by atoms with van der Waals surface area (Å²) in [5.41, 5.74) is 2.84. The molecule has 29 heavy (non-hydrogen) atoms. The molecule has 3 aromatic carbocycles. The smallest absolute Gasteiger partial charge is 0.255 e. The zero-order valence-electron chi connectivity index (χ0n) is 16.5. The molecule has 0 atom stereocenters. The zero-order valence-corrected chi connectivity index (χ0v) is 16.5. The van der Waals surface area contributed by atoms with Gasteiger partial charge in [0.05, 0.1) is 25.6 Å². The lowest BCUT2D eigenvalue weighted by Crippen LogP contribution is -2.16. The van der Waals surface area contributed by atoms with E-state index in [1.165, 1.54) is 7.11 Å². The van der Waals surface area contributed by atoms with Crippen LogP contribution in [0.1, 0.15) is 26.3 Å². The van der Waals surface area contributed by atoms with Crippen LogP contribution in [0.3, 0.4) is 0 Å². The van der Waals surface area contributed by atoms with Gasteiger partial charge >= 0.3 is 0 Å². The minimum atomic E-state index is -0.336. The van der Waals surface area contributed by atoms with Gasteiger partial charge in [0, 0.05) is 11.1 Å². The Morgan fingerprint density at radius 1 is 0.690 bits per heavy atom. The molecule has 0 heterocycles. The Hall–Kier alpha value is -3.80. The summed E-state index contributed by atoms with van der Waals surface area (Å²) in [6, 6.07) is 19.2. The highest BCUT2D eigenvalue weighted by atomic mass is 16.5. The largest absolute Gasteiger partial charge is 0.495 e. The van der Waals surface area contributed by atoms with Crippen molar-refractivity contribution in [2.75, 3.05) is 24.9 Å². The maximum absolute atomic E-state index is 12.7. The van der Waals surface area contributed by atoms with Crippen LogP contribution in [0.2, 0.25) is 0 Å². The van der Waals surface area contributed by atoms with Crippen LogP contribution in [-0.2, 0) is 0 Å². The Labute approximate surface area is 169 Å². The molecule has 3 rings (SSSR count). The first kappa shape index (κ1) is 19.9. The van der Waals surface area contributed by atoms with Crippen LogP contribution >= 0.6 is 0 Å². The standard InChI is InChI=1S/C23H22N2O4/c1-15-11-12-21(29-3)19(13-15)25-23(27)17-8-6-7-16(14-17)22(26)24-18-9-4-5-10-20(18)28-2/h4-14H,1-3H3,(H,24,26)(H,25,27). The average Bonchev–Trinajstić information content (AvgIpc) is 2.74. The number of carbonyl (C=O) groups is 2. The third kappa shape index (κ3) is 4.73. The van der Waals surface area contributed by atoms with Crippen LogP contribution in [0.25, 0.3) is 0 Å². The molecule has 0 aliphatic rings. The highest BCUT2D eigenvalue weighted by Crippen LogP contribution is 2.26. The molecule has 0 spiro atoms. The van der Waals surface area contributed by atoms with Crippen molar-refractivity contribution in [1.82, 2.24) is 0 Å². The van der Waals surface area contributed by atoms with Crippen LogP contribution in [0.5, 0.6) is 11.5 Å². The second kappa shape index (κ2) is 8.93. The van der Waals surface area contributed by atoms with E-state index >= 15 is 0 Å². The Morgan fingerprint density at radius 3 is 1.93 bits per heavy atom. The van der Waals surface area contributed by atoms with Gasteiger partial charge in [-0.25, -0.2) is 0 Å². The number of rotatable bonds is 6. The quantitative estimate of drug-likeness (QED) is 0.649. The normalized spacial score (nSPS) is 10.2. The van der Waals surface area contributed by atoms with E-state index in [1.807, 2.05) is 25.1 Å². The van der Waals surface area contributed by atoms with Gasteiger partial charge in [-0.15, -0.1) is 0 Å². The van der Waals surface area contributed by atoms with Gasteiger partial charge in [-0.05, 0) is 55.0 Å². The highest BCUT2D eigenvalue weighted by molar-refractivity contribution is 6.09. The van der Waals surface area contributed by atoms with Crippen LogP contribution in [0, 0.1) is 6.92 Å². The number of benzene rings is 3. The first-order valence-electron chi connectivity index (χ1n) is 9.02. The number of carbonyl (C=O) groups excluding carboxylic acids is 2. The number of hydrogen-bond donors (Lipinski definition) is 2. The van der Waals surface area contributed by atoms with Crippen molar-refractivity contribution in [2.45, 2.75) is 6.92 Å². The second-order valence-corrected chi connectivity index (χ2v) is 6.39. The van der Waals surface area contributed by atoms with Gasteiger partial charge in [0.15, 0.2) is 0 Å². The van der Waals surface area contributed by atoms with Gasteiger partial charge in [0.25, 0.3) is 11.8 Å². The summed E-state index contributed by atoms with van der Waals surface area (Å²) in [4.78, 5) is 25.4. The number of methoxy groups -OCH3 is 2. The molecular formula is C23H22N2O4. The summed E-state index contributed by atoms with van der Waals surface area (Å²) in [6.45, 7) is 1.93. The molecule has 2 N–H and O–H groups in total. The van der Waals surface area contributed by atoms with E-state index in [2.05, 4.69) is 10.6 Å². The minimum Gasteiger partial charge on any atom is -0.495 e. The predicted octanol–water partition coefficient (Wildman–Crippen LogP) is 4.52. The second-order valence-electron chi connectivity index (χ2n) is 6.39. The summed E-state index contributed by atoms with van der Waals surface area (Å²) in [7, 11) is 3.08. The van der Waals surface area contributed by atoms with Gasteiger partial charge in [-0.3, -0.25) is 9.59 Å². The topological polar surface area (TPSA) is 76.7 Å². The number of nitrogens with one attached hydrogen (secondary N) is 2. The summed E-state index contributed by atoms with van der Waals surface area (Å²) >= 11 is 0. The molecule has 0 aliphatic heterocycles. The third-order valence-electron chi connectivity index (χ3n) is 4.35. The lowest BCUT2D eigenvalue weighted by Gasteiger charge is -2.12. The zero-order chi connectivity index (χ0) is 20.8. The third-order valence-corrected chi connectivity index (χ3v) is 4.35. The lowest BCUT2D eigenvalue weighted by molar-refractivity contribution is 0.102. The molecule has 0 saturated heterocycles. The molecule has 6 nitrogen and oxygen atoms in total. The van der Waals surface area contributed by atoms with E-state index in [4.69, 9.17) is 9.47 Å². The van der Waals surface area contributed by atoms with Crippen molar-refractivity contribution in [3.63, 3.8) is 0 Å². The molecule has 0 bridgehead atoms. The van der Waals surface area contributed by atoms with Gasteiger partial charge in [0.2, 0.25) is 0 Å². The Morgan fingerprint density at radius 2 is 1.28 bits per heavy atom. The fourth-order valence-electron chi connectivity index (χ4n) is 2.86. The fraction of sp³-hybridized carbons (Fsp3) is 0.130. The molecule has 3 aromatic rings. The maximum Gasteiger partial charge on any atom is 0.255 e. The van der Waals surface area contributed by atoms with Crippen LogP contribution in [-0.4, -0.2) is 26.0 Å². The van der Waals surface area contributed by atoms with Gasteiger partial charge in [-0.1, -0.05) is 24.3 Å². The minimum absolute atomic E-state index is 0.333. The summed E-state index contributed by atoms with van der Waals surface area (Å²) < 4.78 is 10.5. The Kier molecular flexibility index (Phi) is 6.14. The predicted molar refractivity (Wildman–Crippen MR) is 113 cm³/mol. The van der Waals surface area contributed by atoms with Crippen molar-refractivity contribution in [2.24, 2.45) is 0 Å². The maximum atomic E-state index is 12.7. The lowest BCUT2D eigenvalue weighted by atomic mass is 10.1. The number of amides is 2. The number of aryl methyl sites for hydroxylation is 1. The van der Waals surface area contributed by atoms with Gasteiger partial charge in [-0.2, -0.15) is 0 Å². The highest BCUT2D eigenvalue weighted by Gasteiger charge is 2.14. The number of para-hydroxylation sites is 2. The SMILES string of the molecule is COc1ccccc1NC(=O)c1cccc(C(=O)Nc2cc(C)ccc2OC)c1. The van der Waals surface area contributed by atoms with E-state index in [9.17, 15) is 9.59 Å². The van der Waals surface area contributed by atoms with E-state index in [0.29, 0.717) is 34.0 Å². The van der Waals surface area contributed by atoms with Crippen molar-refractivity contribution < 1.29 is 19.1 Å². The van der Waals surface area contributed by atoms with Gasteiger partial charge in [0.1, 0.15) is 11.5 Å². The first-order chi connectivity index (χ1) is 14.0. The summed E-state index contributed by atoms with van der Waals surface area (Å²) in [5, 5.41) is 5.64. The molecule has 0 unspecified atom stereocenters. The molecule has 0 saturated carbocycles. The van der Waals surface area contributed by atoms with Crippen molar-refractivity contribution in [3.8, 4) is 11.5 Å². The van der Waals surface area contributed by atoms with E-state index in [1.54, 1.807) is 55.6 Å². The van der Waals surface area contributed by atoms with E-state index in [0.717, 1.165) is 5.56 Å². The molecule has 2 amide bonds. The van der Waals surface area contributed by atoms with Crippen molar-refractivity contribution in [3.05, 3.63) is 83.4 Å². The Balaban J connectivity index is 1.79. The average molecular weight is 390 g/mol. The number of hydrogen-bond acceptors (Lipinski definition) is 4. The fourth-order valence-corrected chi connectivity index (χ4v) is 2.86. The van der Waals surface area contributed by atoms with Crippen LogP contribution in [0.4, 0.5) is 11.4 Å². The molecule has 0 radical (unpaired) electrons. The monoisotopic (exact) mass is 390 g/mol. The number of anilines is 2. The molecule has 0 aromatic heterocycles. The molecule has 6 heteroatoms. The number of ether oxygens (including phenoxy) is 2. The van der Waals surface area contributed by atoms with E-state index in [-0.39, 0.29) is 11.8 Å². The molecule has 0 fully saturated rings. The van der Waals surface area contributed by atoms with E-state index < -0.39 is 0 Å². The first-order valence-corrected chi connectivity index (χ1v) is 9.02. The molecule has 0 aliphatic carbocycles. The van der Waals surface area contributed by atoms with Crippen LogP contribution < -0.4 is 20.1 Å². The van der Waals surface area contributed by atoms with Gasteiger partial charge < -0.3 is 20.1 Å². The molecule has 148 valence electrons. The summed E-state index contributed by atoms with van der Waals surface area (Å²) in [5.74, 6) is 0.452. The van der Waals surface area contributed by atoms with Crippen LogP contribution in [0.15, 0.2) is 66.7 Å².